The van der Waals surface area contributed by atoms with Gasteiger partial charge in [-0.3, -0.25) is 9.69 Å². The average molecular weight is 425 g/mol. The standard InChI is InChI=1S/C23H25ClN4O2/c1-17-21(22(26-30-17)19-9-5-6-10-20(19)24)23(29)25-11-12-27-13-15-28(16-14-27)18-7-3-2-4-8-18/h2-10H,11-16H2,1H3,(H,25,29). The lowest BCUT2D eigenvalue weighted by Crippen LogP contribution is -2.48. The third kappa shape index (κ3) is 4.50. The molecule has 0 spiro atoms. The number of amides is 1. The zero-order chi connectivity index (χ0) is 20.9. The molecule has 1 aliphatic heterocycles. The Balaban J connectivity index is 1.31. The molecule has 1 N–H and O–H groups in total. The highest BCUT2D eigenvalue weighted by atomic mass is 35.5. The summed E-state index contributed by atoms with van der Waals surface area (Å²) in [6.45, 7) is 7.03. The predicted octanol–water partition coefficient (Wildman–Crippen LogP) is 3.86. The lowest BCUT2D eigenvalue weighted by atomic mass is 10.1. The number of piperazine rings is 1. The van der Waals surface area contributed by atoms with Gasteiger partial charge in [-0.1, -0.05) is 53.2 Å². The summed E-state index contributed by atoms with van der Waals surface area (Å²) in [5.74, 6) is 0.297. The summed E-state index contributed by atoms with van der Waals surface area (Å²) in [6.07, 6.45) is 0. The quantitative estimate of drug-likeness (QED) is 0.651. The minimum Gasteiger partial charge on any atom is -0.369 e. The summed E-state index contributed by atoms with van der Waals surface area (Å²) >= 11 is 6.28. The normalized spacial score (nSPS) is 14.7. The van der Waals surface area contributed by atoms with Crippen LogP contribution in [-0.2, 0) is 0 Å². The van der Waals surface area contributed by atoms with Gasteiger partial charge in [-0.2, -0.15) is 0 Å². The molecular weight excluding hydrogens is 400 g/mol. The lowest BCUT2D eigenvalue weighted by molar-refractivity contribution is 0.0947. The first kappa shape index (κ1) is 20.4. The van der Waals surface area contributed by atoms with Gasteiger partial charge in [-0.25, -0.2) is 0 Å². The van der Waals surface area contributed by atoms with Crippen LogP contribution in [0.3, 0.4) is 0 Å². The molecule has 0 radical (unpaired) electrons. The summed E-state index contributed by atoms with van der Waals surface area (Å²) in [4.78, 5) is 17.6. The number of hydrogen-bond donors (Lipinski definition) is 1. The van der Waals surface area contributed by atoms with Crippen molar-refractivity contribution in [3.05, 3.63) is 70.9 Å². The van der Waals surface area contributed by atoms with Crippen molar-refractivity contribution in [2.75, 3.05) is 44.2 Å². The van der Waals surface area contributed by atoms with Crippen LogP contribution in [0.1, 0.15) is 16.1 Å². The van der Waals surface area contributed by atoms with Crippen LogP contribution in [0.5, 0.6) is 0 Å². The number of hydrogen-bond acceptors (Lipinski definition) is 5. The van der Waals surface area contributed by atoms with Crippen molar-refractivity contribution in [1.29, 1.82) is 0 Å². The highest BCUT2D eigenvalue weighted by Gasteiger charge is 2.23. The molecule has 6 nitrogen and oxygen atoms in total. The van der Waals surface area contributed by atoms with Gasteiger partial charge in [-0.05, 0) is 25.1 Å². The van der Waals surface area contributed by atoms with Crippen LogP contribution >= 0.6 is 11.6 Å². The van der Waals surface area contributed by atoms with Crippen LogP contribution in [0.25, 0.3) is 11.3 Å². The zero-order valence-corrected chi connectivity index (χ0v) is 17.7. The van der Waals surface area contributed by atoms with Gasteiger partial charge in [0.2, 0.25) is 0 Å². The Morgan fingerprint density at radius 2 is 1.77 bits per heavy atom. The van der Waals surface area contributed by atoms with Gasteiger partial charge in [0.15, 0.2) is 0 Å². The molecule has 1 aliphatic rings. The molecule has 0 aliphatic carbocycles. The highest BCUT2D eigenvalue weighted by Crippen LogP contribution is 2.30. The van der Waals surface area contributed by atoms with Gasteiger partial charge in [0.05, 0.1) is 5.02 Å². The van der Waals surface area contributed by atoms with E-state index in [2.05, 4.69) is 44.5 Å². The molecule has 30 heavy (non-hydrogen) atoms. The van der Waals surface area contributed by atoms with E-state index in [0.29, 0.717) is 34.1 Å². The van der Waals surface area contributed by atoms with Crippen LogP contribution in [0, 0.1) is 6.92 Å². The number of aromatic nitrogens is 1. The van der Waals surface area contributed by atoms with Crippen LogP contribution in [0.4, 0.5) is 5.69 Å². The number of anilines is 1. The van der Waals surface area contributed by atoms with Crippen molar-refractivity contribution in [2.24, 2.45) is 0 Å². The van der Waals surface area contributed by atoms with Gasteiger partial charge >= 0.3 is 0 Å². The van der Waals surface area contributed by atoms with E-state index in [1.807, 2.05) is 24.3 Å². The van der Waals surface area contributed by atoms with Crippen LogP contribution in [0.2, 0.25) is 5.02 Å². The average Bonchev–Trinajstić information content (AvgIpc) is 3.16. The van der Waals surface area contributed by atoms with Gasteiger partial charge in [0.1, 0.15) is 17.0 Å². The number of aryl methyl sites for hydroxylation is 1. The first-order valence-corrected chi connectivity index (χ1v) is 10.5. The second kappa shape index (κ2) is 9.32. The Morgan fingerprint density at radius 1 is 1.07 bits per heavy atom. The largest absolute Gasteiger partial charge is 0.369 e. The summed E-state index contributed by atoms with van der Waals surface area (Å²) in [5.41, 5.74) is 2.88. The van der Waals surface area contributed by atoms with E-state index in [-0.39, 0.29) is 5.91 Å². The third-order valence-corrected chi connectivity index (χ3v) is 5.76. The number of carbonyl (C=O) groups excluding carboxylic acids is 1. The number of nitrogens with zero attached hydrogens (tertiary/aromatic N) is 3. The minimum absolute atomic E-state index is 0.188. The number of carbonyl (C=O) groups is 1. The summed E-state index contributed by atoms with van der Waals surface area (Å²) < 4.78 is 5.29. The molecule has 1 saturated heterocycles. The van der Waals surface area contributed by atoms with Crippen molar-refractivity contribution in [3.8, 4) is 11.3 Å². The van der Waals surface area contributed by atoms with E-state index in [9.17, 15) is 4.79 Å². The Kier molecular flexibility index (Phi) is 6.35. The number of halogens is 1. The fourth-order valence-corrected chi connectivity index (χ4v) is 3.99. The monoisotopic (exact) mass is 424 g/mol. The molecule has 4 rings (SSSR count). The molecule has 0 bridgehead atoms. The van der Waals surface area contributed by atoms with E-state index < -0.39 is 0 Å². The van der Waals surface area contributed by atoms with Crippen LogP contribution < -0.4 is 10.2 Å². The zero-order valence-electron chi connectivity index (χ0n) is 17.0. The van der Waals surface area contributed by atoms with Gasteiger partial charge in [0.25, 0.3) is 5.91 Å². The van der Waals surface area contributed by atoms with Crippen molar-refractivity contribution in [2.45, 2.75) is 6.92 Å². The topological polar surface area (TPSA) is 61.6 Å². The molecule has 2 heterocycles. The first-order chi connectivity index (χ1) is 14.6. The van der Waals surface area contributed by atoms with Gasteiger partial charge in [0, 0.05) is 50.5 Å². The maximum Gasteiger partial charge on any atom is 0.257 e. The number of benzene rings is 2. The third-order valence-electron chi connectivity index (χ3n) is 5.43. The van der Waals surface area contributed by atoms with E-state index in [1.165, 1.54) is 5.69 Å². The molecule has 0 atom stereocenters. The smallest absolute Gasteiger partial charge is 0.257 e. The van der Waals surface area contributed by atoms with E-state index in [1.54, 1.807) is 13.0 Å². The molecule has 3 aromatic rings. The maximum atomic E-state index is 12.8. The van der Waals surface area contributed by atoms with Crippen molar-refractivity contribution in [3.63, 3.8) is 0 Å². The molecule has 156 valence electrons. The molecule has 1 fully saturated rings. The van der Waals surface area contributed by atoms with E-state index in [0.717, 1.165) is 32.7 Å². The molecule has 1 aromatic heterocycles. The Bertz CT molecular complexity index is 997. The summed E-state index contributed by atoms with van der Waals surface area (Å²) in [5, 5.41) is 7.61. The molecule has 0 saturated carbocycles. The van der Waals surface area contributed by atoms with Crippen LogP contribution in [0.15, 0.2) is 59.1 Å². The van der Waals surface area contributed by atoms with Crippen LogP contribution in [-0.4, -0.2) is 55.2 Å². The Hall–Kier alpha value is -2.83. The SMILES string of the molecule is Cc1onc(-c2ccccc2Cl)c1C(=O)NCCN1CCN(c2ccccc2)CC1. The summed E-state index contributed by atoms with van der Waals surface area (Å²) in [6, 6.07) is 17.8. The van der Waals surface area contributed by atoms with Crippen molar-refractivity contribution >= 4 is 23.2 Å². The maximum absolute atomic E-state index is 12.8. The second-order valence-electron chi connectivity index (χ2n) is 7.36. The minimum atomic E-state index is -0.188. The Morgan fingerprint density at radius 3 is 2.50 bits per heavy atom. The van der Waals surface area contributed by atoms with E-state index in [4.69, 9.17) is 16.1 Å². The van der Waals surface area contributed by atoms with Gasteiger partial charge in [-0.15, -0.1) is 0 Å². The molecule has 2 aromatic carbocycles. The first-order valence-electron chi connectivity index (χ1n) is 10.1. The van der Waals surface area contributed by atoms with E-state index >= 15 is 0 Å². The second-order valence-corrected chi connectivity index (χ2v) is 7.77. The molecule has 7 heteroatoms. The predicted molar refractivity (Wildman–Crippen MR) is 119 cm³/mol. The number of nitrogens with one attached hydrogen (secondary N) is 1. The number of rotatable bonds is 6. The molecule has 0 unspecified atom stereocenters. The van der Waals surface area contributed by atoms with Crippen molar-refractivity contribution in [1.82, 2.24) is 15.4 Å². The van der Waals surface area contributed by atoms with Gasteiger partial charge < -0.3 is 14.7 Å². The summed E-state index contributed by atoms with van der Waals surface area (Å²) in [7, 11) is 0. The lowest BCUT2D eigenvalue weighted by Gasteiger charge is -2.36. The number of para-hydroxylation sites is 1. The van der Waals surface area contributed by atoms with Crippen molar-refractivity contribution < 1.29 is 9.32 Å². The fourth-order valence-electron chi connectivity index (χ4n) is 3.76. The molecular formula is C23H25ClN4O2. The fraction of sp³-hybridized carbons (Fsp3) is 0.304. The molecule has 1 amide bonds. The Labute approximate surface area is 181 Å². The highest BCUT2D eigenvalue weighted by molar-refractivity contribution is 6.33.